The lowest BCUT2D eigenvalue weighted by atomic mass is 9.97. The Bertz CT molecular complexity index is 1100. The van der Waals surface area contributed by atoms with E-state index in [1.165, 1.54) is 0 Å². The summed E-state index contributed by atoms with van der Waals surface area (Å²) >= 11 is 0. The molecule has 0 aliphatic heterocycles. The predicted molar refractivity (Wildman–Crippen MR) is 129 cm³/mol. The highest BCUT2D eigenvalue weighted by atomic mass is 16.5. The standard InChI is InChI=1S/C24H24N4O3.CH2O2/c1-31-20-13-7-16(8-14-20)15-27-23(29)21(17-5-3-2-4-6-17)24(30)28-19-11-9-18(10-12-19)22(25)26;2-1-3/h2-14,21H,15H2,1H3,(H3,25,26)(H,27,29)(H,28,30);1H,(H,2,3). The zero-order valence-corrected chi connectivity index (χ0v) is 18.5. The molecule has 0 bridgehead atoms. The summed E-state index contributed by atoms with van der Waals surface area (Å²) in [5, 5.41) is 20.0. The lowest BCUT2D eigenvalue weighted by Gasteiger charge is -2.17. The average molecular weight is 463 g/mol. The summed E-state index contributed by atoms with van der Waals surface area (Å²) in [6.45, 7) is 0.0345. The Morgan fingerprint density at radius 2 is 1.59 bits per heavy atom. The summed E-state index contributed by atoms with van der Waals surface area (Å²) in [7, 11) is 1.59. The van der Waals surface area contributed by atoms with E-state index >= 15 is 0 Å². The Balaban J connectivity index is 0.00000129. The van der Waals surface area contributed by atoms with Crippen molar-refractivity contribution in [2.45, 2.75) is 12.5 Å². The molecule has 9 heteroatoms. The van der Waals surface area contributed by atoms with Crippen LogP contribution in [-0.4, -0.2) is 36.3 Å². The predicted octanol–water partition coefficient (Wildman–Crippen LogP) is 2.72. The Kier molecular flexibility index (Phi) is 9.80. The summed E-state index contributed by atoms with van der Waals surface area (Å²) in [5.41, 5.74) is 8.01. The van der Waals surface area contributed by atoms with Crippen molar-refractivity contribution < 1.29 is 24.2 Å². The molecular weight excluding hydrogens is 436 g/mol. The van der Waals surface area contributed by atoms with Crippen molar-refractivity contribution in [1.82, 2.24) is 5.32 Å². The second-order valence-electron chi connectivity index (χ2n) is 7.00. The minimum Gasteiger partial charge on any atom is -0.497 e. The van der Waals surface area contributed by atoms with Crippen LogP contribution >= 0.6 is 0 Å². The van der Waals surface area contributed by atoms with E-state index in [0.29, 0.717) is 16.8 Å². The second-order valence-corrected chi connectivity index (χ2v) is 7.00. The first kappa shape index (κ1) is 25.6. The van der Waals surface area contributed by atoms with E-state index < -0.39 is 17.7 Å². The number of hydrogen-bond acceptors (Lipinski definition) is 5. The van der Waals surface area contributed by atoms with Crippen molar-refractivity contribution in [1.29, 1.82) is 5.41 Å². The summed E-state index contributed by atoms with van der Waals surface area (Å²) in [4.78, 5) is 34.3. The average Bonchev–Trinajstić information content (AvgIpc) is 2.84. The Morgan fingerprint density at radius 1 is 1.00 bits per heavy atom. The number of anilines is 1. The van der Waals surface area contributed by atoms with Gasteiger partial charge in [-0.2, -0.15) is 0 Å². The third-order valence-electron chi connectivity index (χ3n) is 4.75. The zero-order valence-electron chi connectivity index (χ0n) is 18.5. The highest BCUT2D eigenvalue weighted by Crippen LogP contribution is 2.20. The Labute approximate surface area is 197 Å². The van der Waals surface area contributed by atoms with E-state index in [-0.39, 0.29) is 18.9 Å². The van der Waals surface area contributed by atoms with E-state index in [9.17, 15) is 9.59 Å². The maximum Gasteiger partial charge on any atom is 0.290 e. The number of hydrogen-bond donors (Lipinski definition) is 5. The second kappa shape index (κ2) is 13.0. The number of nitrogen functional groups attached to an aromatic ring is 1. The molecule has 0 saturated carbocycles. The number of ether oxygens (including phenoxy) is 1. The van der Waals surface area contributed by atoms with E-state index in [2.05, 4.69) is 10.6 Å². The lowest BCUT2D eigenvalue weighted by molar-refractivity contribution is -0.129. The minimum atomic E-state index is -1.02. The molecule has 0 aromatic heterocycles. The first-order chi connectivity index (χ1) is 16.4. The Morgan fingerprint density at radius 3 is 2.12 bits per heavy atom. The van der Waals surface area contributed by atoms with Gasteiger partial charge in [0.2, 0.25) is 11.8 Å². The molecule has 1 unspecified atom stereocenters. The van der Waals surface area contributed by atoms with Gasteiger partial charge in [-0.05, 0) is 47.5 Å². The van der Waals surface area contributed by atoms with Crippen LogP contribution < -0.4 is 21.1 Å². The van der Waals surface area contributed by atoms with Gasteiger partial charge in [0.25, 0.3) is 6.47 Å². The number of carboxylic acid groups (broad SMARTS) is 1. The molecule has 0 fully saturated rings. The molecule has 0 aliphatic rings. The van der Waals surface area contributed by atoms with Gasteiger partial charge in [-0.25, -0.2) is 0 Å². The summed E-state index contributed by atoms with van der Waals surface area (Å²) in [6.07, 6.45) is 0. The maximum atomic E-state index is 13.0. The quantitative estimate of drug-likeness (QED) is 0.150. The van der Waals surface area contributed by atoms with Gasteiger partial charge in [0.15, 0.2) is 0 Å². The van der Waals surface area contributed by atoms with Crippen LogP contribution in [0, 0.1) is 5.41 Å². The van der Waals surface area contributed by atoms with Crippen LogP contribution in [-0.2, 0) is 20.9 Å². The van der Waals surface area contributed by atoms with Crippen molar-refractivity contribution in [2.24, 2.45) is 5.73 Å². The van der Waals surface area contributed by atoms with E-state index in [1.807, 2.05) is 30.3 Å². The normalized spacial score (nSPS) is 10.6. The molecule has 34 heavy (non-hydrogen) atoms. The number of amidine groups is 1. The van der Waals surface area contributed by atoms with E-state index in [1.54, 1.807) is 55.6 Å². The number of methoxy groups -OCH3 is 1. The van der Waals surface area contributed by atoms with Crippen LogP contribution in [0.3, 0.4) is 0 Å². The zero-order chi connectivity index (χ0) is 24.9. The molecule has 0 heterocycles. The van der Waals surface area contributed by atoms with E-state index in [0.717, 1.165) is 11.3 Å². The van der Waals surface area contributed by atoms with Crippen molar-refractivity contribution in [3.05, 3.63) is 95.6 Å². The first-order valence-electron chi connectivity index (χ1n) is 10.2. The SMILES string of the molecule is COc1ccc(CNC(=O)C(C(=O)Nc2ccc(C(=N)N)cc2)c2ccccc2)cc1.O=CO. The van der Waals surface area contributed by atoms with Gasteiger partial charge in [0, 0.05) is 17.8 Å². The van der Waals surface area contributed by atoms with Crippen LogP contribution in [0.4, 0.5) is 5.69 Å². The maximum absolute atomic E-state index is 13.0. The van der Waals surface area contributed by atoms with Crippen molar-refractivity contribution in [2.75, 3.05) is 12.4 Å². The molecule has 176 valence electrons. The molecule has 0 aliphatic carbocycles. The van der Waals surface area contributed by atoms with Gasteiger partial charge in [0.05, 0.1) is 7.11 Å². The monoisotopic (exact) mass is 462 g/mol. The topological polar surface area (TPSA) is 155 Å². The van der Waals surface area contributed by atoms with Crippen molar-refractivity contribution >= 4 is 29.8 Å². The van der Waals surface area contributed by atoms with Gasteiger partial charge in [-0.15, -0.1) is 0 Å². The largest absolute Gasteiger partial charge is 0.497 e. The van der Waals surface area contributed by atoms with Gasteiger partial charge >= 0.3 is 0 Å². The molecule has 2 amide bonds. The fourth-order valence-electron chi connectivity index (χ4n) is 3.05. The molecule has 3 aromatic carbocycles. The van der Waals surface area contributed by atoms with Gasteiger partial charge < -0.3 is 26.2 Å². The van der Waals surface area contributed by atoms with E-state index in [4.69, 9.17) is 25.8 Å². The number of nitrogens with one attached hydrogen (secondary N) is 3. The van der Waals surface area contributed by atoms with Crippen LogP contribution in [0.15, 0.2) is 78.9 Å². The molecule has 6 N–H and O–H groups in total. The molecule has 0 saturated heterocycles. The fourth-order valence-corrected chi connectivity index (χ4v) is 3.05. The number of rotatable bonds is 8. The molecule has 3 rings (SSSR count). The highest BCUT2D eigenvalue weighted by molar-refractivity contribution is 6.11. The number of carbonyl (C=O) groups excluding carboxylic acids is 2. The molecule has 9 nitrogen and oxygen atoms in total. The molecule has 3 aromatic rings. The van der Waals surface area contributed by atoms with Crippen LogP contribution in [0.5, 0.6) is 5.75 Å². The molecule has 0 radical (unpaired) electrons. The van der Waals surface area contributed by atoms with Crippen LogP contribution in [0.2, 0.25) is 0 Å². The smallest absolute Gasteiger partial charge is 0.290 e. The van der Waals surface area contributed by atoms with Gasteiger partial charge in [-0.1, -0.05) is 42.5 Å². The highest BCUT2D eigenvalue weighted by Gasteiger charge is 2.28. The van der Waals surface area contributed by atoms with Gasteiger partial charge in [0.1, 0.15) is 17.5 Å². The number of nitrogens with two attached hydrogens (primary N) is 1. The third kappa shape index (κ3) is 7.49. The van der Waals surface area contributed by atoms with Gasteiger partial charge in [-0.3, -0.25) is 19.8 Å². The van der Waals surface area contributed by atoms with Crippen molar-refractivity contribution in [3.63, 3.8) is 0 Å². The van der Waals surface area contributed by atoms with Crippen molar-refractivity contribution in [3.8, 4) is 5.75 Å². The lowest BCUT2D eigenvalue weighted by Crippen LogP contribution is -2.36. The molecule has 1 atom stereocenters. The number of carbonyl (C=O) groups is 3. The Hall–Kier alpha value is -4.66. The third-order valence-corrected chi connectivity index (χ3v) is 4.75. The number of benzene rings is 3. The van der Waals surface area contributed by atoms with Crippen LogP contribution in [0.1, 0.15) is 22.6 Å². The minimum absolute atomic E-state index is 0.0575. The first-order valence-corrected chi connectivity index (χ1v) is 10.2. The fraction of sp³-hybridized carbons (Fsp3) is 0.120. The number of amides is 2. The molecular formula is C25H26N4O5. The van der Waals surface area contributed by atoms with Crippen LogP contribution in [0.25, 0.3) is 0 Å². The summed E-state index contributed by atoms with van der Waals surface area (Å²) in [5.74, 6) is -1.20. The molecule has 0 spiro atoms. The summed E-state index contributed by atoms with van der Waals surface area (Å²) < 4.78 is 5.14. The summed E-state index contributed by atoms with van der Waals surface area (Å²) in [6, 6.07) is 22.8.